The van der Waals surface area contributed by atoms with Crippen LogP contribution in [0.3, 0.4) is 0 Å². The summed E-state index contributed by atoms with van der Waals surface area (Å²) in [7, 11) is 1.62. The first-order valence-corrected chi connectivity index (χ1v) is 8.81. The van der Waals surface area contributed by atoms with Gasteiger partial charge in [-0.1, -0.05) is 48.0 Å². The Morgan fingerprint density at radius 2 is 1.89 bits per heavy atom. The summed E-state index contributed by atoms with van der Waals surface area (Å²) in [6, 6.07) is 19.5. The highest BCUT2D eigenvalue weighted by Gasteiger charge is 2.08. The van der Waals surface area contributed by atoms with Crippen molar-refractivity contribution in [3.63, 3.8) is 0 Å². The third-order valence-electron chi connectivity index (χ3n) is 4.21. The number of anilines is 1. The topological polar surface area (TPSA) is 63.2 Å². The van der Waals surface area contributed by atoms with Crippen molar-refractivity contribution in [2.24, 2.45) is 0 Å². The number of nitrogens with zero attached hydrogens (tertiary/aromatic N) is 1. The summed E-state index contributed by atoms with van der Waals surface area (Å²) in [6.45, 7) is 3.16. The molecule has 0 aliphatic heterocycles. The van der Waals surface area contributed by atoms with Crippen molar-refractivity contribution in [2.45, 2.75) is 20.0 Å². The fourth-order valence-corrected chi connectivity index (χ4v) is 2.77. The summed E-state index contributed by atoms with van der Waals surface area (Å²) in [5.74, 6) is 1.32. The minimum Gasteiger partial charge on any atom is -0.496 e. The zero-order valence-corrected chi connectivity index (χ0v) is 15.5. The van der Waals surface area contributed by atoms with Gasteiger partial charge < -0.3 is 15.4 Å². The Bertz CT molecular complexity index is 907. The highest BCUT2D eigenvalue weighted by Crippen LogP contribution is 2.17. The molecule has 1 heterocycles. The fourth-order valence-electron chi connectivity index (χ4n) is 2.77. The van der Waals surface area contributed by atoms with E-state index >= 15 is 0 Å². The van der Waals surface area contributed by atoms with Gasteiger partial charge in [-0.05, 0) is 30.7 Å². The van der Waals surface area contributed by atoms with E-state index in [0.717, 1.165) is 17.1 Å². The van der Waals surface area contributed by atoms with Crippen LogP contribution in [0.4, 0.5) is 5.82 Å². The highest BCUT2D eigenvalue weighted by atomic mass is 16.5. The number of nitrogens with one attached hydrogen (secondary N) is 2. The molecule has 2 N–H and O–H groups in total. The normalized spacial score (nSPS) is 10.3. The molecule has 3 rings (SSSR count). The van der Waals surface area contributed by atoms with Gasteiger partial charge in [0.15, 0.2) is 0 Å². The van der Waals surface area contributed by atoms with E-state index in [1.165, 1.54) is 11.1 Å². The molecule has 5 heteroatoms. The van der Waals surface area contributed by atoms with Gasteiger partial charge in [0.2, 0.25) is 0 Å². The lowest BCUT2D eigenvalue weighted by Gasteiger charge is -2.10. The fraction of sp³-hybridized carbons (Fsp3) is 0.182. The maximum atomic E-state index is 12.3. The number of aryl methyl sites for hydroxylation is 1. The Morgan fingerprint density at radius 1 is 1.04 bits per heavy atom. The number of carbonyl (C=O) groups is 1. The van der Waals surface area contributed by atoms with Gasteiger partial charge in [0.05, 0.1) is 12.7 Å². The second-order valence-corrected chi connectivity index (χ2v) is 6.27. The van der Waals surface area contributed by atoms with E-state index < -0.39 is 0 Å². The molecule has 0 aliphatic rings. The third-order valence-corrected chi connectivity index (χ3v) is 4.21. The molecule has 0 atom stereocenters. The Labute approximate surface area is 159 Å². The molecule has 138 valence electrons. The van der Waals surface area contributed by atoms with Crippen LogP contribution in [0.5, 0.6) is 5.75 Å². The molecule has 0 radical (unpaired) electrons. The van der Waals surface area contributed by atoms with Crippen LogP contribution in [0, 0.1) is 6.92 Å². The average Bonchev–Trinajstić information content (AvgIpc) is 2.71. The molecule has 0 saturated heterocycles. The monoisotopic (exact) mass is 361 g/mol. The van der Waals surface area contributed by atoms with Gasteiger partial charge in [-0.2, -0.15) is 0 Å². The molecule has 0 saturated carbocycles. The van der Waals surface area contributed by atoms with Gasteiger partial charge >= 0.3 is 0 Å². The number of para-hydroxylation sites is 1. The Morgan fingerprint density at radius 3 is 2.63 bits per heavy atom. The second kappa shape index (κ2) is 8.85. The lowest BCUT2D eigenvalue weighted by atomic mass is 10.1. The van der Waals surface area contributed by atoms with Crippen molar-refractivity contribution >= 4 is 11.7 Å². The molecule has 0 unspecified atom stereocenters. The minimum atomic E-state index is -0.168. The number of pyridine rings is 1. The summed E-state index contributed by atoms with van der Waals surface area (Å²) >= 11 is 0. The maximum absolute atomic E-state index is 12.3. The van der Waals surface area contributed by atoms with Crippen LogP contribution < -0.4 is 15.4 Å². The van der Waals surface area contributed by atoms with Crippen molar-refractivity contribution in [3.05, 3.63) is 89.1 Å². The molecule has 0 bridgehead atoms. The summed E-state index contributed by atoms with van der Waals surface area (Å²) in [6.07, 6.45) is 1.58. The van der Waals surface area contributed by atoms with E-state index in [1.54, 1.807) is 19.4 Å². The number of hydrogen-bond donors (Lipinski definition) is 2. The van der Waals surface area contributed by atoms with Crippen molar-refractivity contribution in [1.82, 2.24) is 10.3 Å². The molecule has 1 aromatic heterocycles. The van der Waals surface area contributed by atoms with Crippen LogP contribution in [-0.2, 0) is 13.1 Å². The van der Waals surface area contributed by atoms with E-state index in [2.05, 4.69) is 40.7 Å². The SMILES string of the molecule is COc1ccccc1CNC(=O)c1ccc(NCc2cccc(C)c2)nc1. The number of ether oxygens (including phenoxy) is 1. The average molecular weight is 361 g/mol. The molecular weight excluding hydrogens is 338 g/mol. The van der Waals surface area contributed by atoms with Gasteiger partial charge in [-0.3, -0.25) is 4.79 Å². The number of benzene rings is 2. The molecule has 5 nitrogen and oxygen atoms in total. The molecule has 0 fully saturated rings. The first-order chi connectivity index (χ1) is 13.2. The summed E-state index contributed by atoms with van der Waals surface area (Å²) in [4.78, 5) is 16.7. The van der Waals surface area contributed by atoms with E-state index in [0.29, 0.717) is 18.7 Å². The second-order valence-electron chi connectivity index (χ2n) is 6.27. The van der Waals surface area contributed by atoms with Crippen LogP contribution >= 0.6 is 0 Å². The van der Waals surface area contributed by atoms with E-state index in [-0.39, 0.29) is 5.91 Å². The minimum absolute atomic E-state index is 0.168. The molecule has 27 heavy (non-hydrogen) atoms. The van der Waals surface area contributed by atoms with Crippen LogP contribution in [0.15, 0.2) is 66.9 Å². The number of aromatic nitrogens is 1. The first kappa shape index (κ1) is 18.5. The largest absolute Gasteiger partial charge is 0.496 e. The Hall–Kier alpha value is -3.34. The van der Waals surface area contributed by atoms with Crippen molar-refractivity contribution in [1.29, 1.82) is 0 Å². The number of methoxy groups -OCH3 is 1. The van der Waals surface area contributed by atoms with Gasteiger partial charge in [0.25, 0.3) is 5.91 Å². The summed E-state index contributed by atoms with van der Waals surface area (Å²) in [5, 5.41) is 6.16. The number of amides is 1. The first-order valence-electron chi connectivity index (χ1n) is 8.81. The van der Waals surface area contributed by atoms with Crippen LogP contribution in [-0.4, -0.2) is 18.0 Å². The van der Waals surface area contributed by atoms with E-state index in [4.69, 9.17) is 4.74 Å². The molecule has 3 aromatic rings. The smallest absolute Gasteiger partial charge is 0.253 e. The van der Waals surface area contributed by atoms with Gasteiger partial charge in [-0.15, -0.1) is 0 Å². The zero-order valence-electron chi connectivity index (χ0n) is 15.5. The van der Waals surface area contributed by atoms with Gasteiger partial charge in [0.1, 0.15) is 11.6 Å². The lowest BCUT2D eigenvalue weighted by molar-refractivity contribution is 0.0950. The van der Waals surface area contributed by atoms with Crippen molar-refractivity contribution < 1.29 is 9.53 Å². The molecule has 0 aliphatic carbocycles. The molecule has 0 spiro atoms. The summed E-state index contributed by atoms with van der Waals surface area (Å²) in [5.41, 5.74) is 3.86. The third kappa shape index (κ3) is 5.07. The van der Waals surface area contributed by atoms with Gasteiger partial charge in [-0.25, -0.2) is 4.98 Å². The predicted molar refractivity (Wildman–Crippen MR) is 107 cm³/mol. The Balaban J connectivity index is 1.55. The molecule has 2 aromatic carbocycles. The van der Waals surface area contributed by atoms with Crippen LogP contribution in [0.2, 0.25) is 0 Å². The van der Waals surface area contributed by atoms with Crippen LogP contribution in [0.25, 0.3) is 0 Å². The number of hydrogen-bond acceptors (Lipinski definition) is 4. The van der Waals surface area contributed by atoms with E-state index in [9.17, 15) is 4.79 Å². The summed E-state index contributed by atoms with van der Waals surface area (Å²) < 4.78 is 5.30. The number of carbonyl (C=O) groups excluding carboxylic acids is 1. The van der Waals surface area contributed by atoms with Gasteiger partial charge in [0, 0.05) is 24.8 Å². The van der Waals surface area contributed by atoms with Crippen molar-refractivity contribution in [3.8, 4) is 5.75 Å². The quantitative estimate of drug-likeness (QED) is 0.669. The number of rotatable bonds is 7. The lowest BCUT2D eigenvalue weighted by Crippen LogP contribution is -2.23. The zero-order chi connectivity index (χ0) is 19.1. The Kier molecular flexibility index (Phi) is 6.05. The molecular formula is C22H23N3O2. The maximum Gasteiger partial charge on any atom is 0.253 e. The predicted octanol–water partition coefficient (Wildman–Crippen LogP) is 3.94. The standard InChI is InChI=1S/C22H23N3O2/c1-16-6-5-7-17(12-16)13-23-21-11-10-19(15-24-21)22(26)25-14-18-8-3-4-9-20(18)27-2/h3-12,15H,13-14H2,1-2H3,(H,23,24)(H,25,26). The highest BCUT2D eigenvalue weighted by molar-refractivity contribution is 5.94. The van der Waals surface area contributed by atoms with Crippen LogP contribution in [0.1, 0.15) is 27.0 Å². The van der Waals surface area contributed by atoms with Crippen molar-refractivity contribution in [2.75, 3.05) is 12.4 Å². The molecule has 1 amide bonds. The van der Waals surface area contributed by atoms with E-state index in [1.807, 2.05) is 36.4 Å².